The van der Waals surface area contributed by atoms with Crippen molar-refractivity contribution in [1.29, 1.82) is 0 Å². The number of rotatable bonds is 2. The first kappa shape index (κ1) is 10.1. The van der Waals surface area contributed by atoms with E-state index in [0.717, 1.165) is 27.2 Å². The zero-order valence-corrected chi connectivity index (χ0v) is 9.71. The third kappa shape index (κ3) is 1.61. The van der Waals surface area contributed by atoms with Crippen LogP contribution in [-0.2, 0) is 0 Å². The standard InChI is InChI=1S/C11H9BrN2O/c1-13-4-7-2-3-9(12)10-8(6-15)5-14-11(7)10/h2-6,14H,1H3. The molecule has 0 radical (unpaired) electrons. The van der Waals surface area contributed by atoms with Crippen molar-refractivity contribution in [2.24, 2.45) is 4.99 Å². The Balaban J connectivity index is 2.84. The summed E-state index contributed by atoms with van der Waals surface area (Å²) in [7, 11) is 1.72. The van der Waals surface area contributed by atoms with Gasteiger partial charge in [0.25, 0.3) is 0 Å². The molecule has 0 aliphatic carbocycles. The van der Waals surface area contributed by atoms with E-state index < -0.39 is 0 Å². The van der Waals surface area contributed by atoms with Gasteiger partial charge in [-0.15, -0.1) is 0 Å². The van der Waals surface area contributed by atoms with Gasteiger partial charge in [0.15, 0.2) is 6.29 Å². The molecular weight excluding hydrogens is 256 g/mol. The molecule has 0 fully saturated rings. The number of nitrogens with one attached hydrogen (secondary N) is 1. The Hall–Kier alpha value is -1.42. The van der Waals surface area contributed by atoms with E-state index in [2.05, 4.69) is 25.9 Å². The van der Waals surface area contributed by atoms with E-state index >= 15 is 0 Å². The van der Waals surface area contributed by atoms with E-state index in [4.69, 9.17) is 0 Å². The van der Waals surface area contributed by atoms with Crippen LogP contribution in [0.4, 0.5) is 0 Å². The Morgan fingerprint density at radius 3 is 2.87 bits per heavy atom. The van der Waals surface area contributed by atoms with Crippen molar-refractivity contribution in [2.75, 3.05) is 7.05 Å². The van der Waals surface area contributed by atoms with Crippen molar-refractivity contribution in [3.05, 3.63) is 33.9 Å². The number of aromatic amines is 1. The van der Waals surface area contributed by atoms with Gasteiger partial charge in [-0.1, -0.05) is 22.0 Å². The van der Waals surface area contributed by atoms with Gasteiger partial charge in [-0.05, 0) is 6.07 Å². The van der Waals surface area contributed by atoms with Crippen LogP contribution in [0.5, 0.6) is 0 Å². The lowest BCUT2D eigenvalue weighted by atomic mass is 10.1. The van der Waals surface area contributed by atoms with Crippen LogP contribution < -0.4 is 0 Å². The summed E-state index contributed by atoms with van der Waals surface area (Å²) in [6, 6.07) is 3.87. The summed E-state index contributed by atoms with van der Waals surface area (Å²) in [5, 5.41) is 0.905. The molecule has 0 aliphatic rings. The summed E-state index contributed by atoms with van der Waals surface area (Å²) in [6.07, 6.45) is 4.31. The number of halogens is 1. The summed E-state index contributed by atoms with van der Waals surface area (Å²) < 4.78 is 0.911. The summed E-state index contributed by atoms with van der Waals surface area (Å²) in [4.78, 5) is 17.9. The maximum absolute atomic E-state index is 10.8. The minimum Gasteiger partial charge on any atom is -0.360 e. The first-order valence-electron chi connectivity index (χ1n) is 4.45. The summed E-state index contributed by atoms with van der Waals surface area (Å²) in [6.45, 7) is 0. The van der Waals surface area contributed by atoms with E-state index in [0.29, 0.717) is 5.56 Å². The molecule has 2 aromatic rings. The molecule has 1 N–H and O–H groups in total. The van der Waals surface area contributed by atoms with Gasteiger partial charge in [0.2, 0.25) is 0 Å². The van der Waals surface area contributed by atoms with Gasteiger partial charge in [0, 0.05) is 40.4 Å². The molecular formula is C11H9BrN2O. The average Bonchev–Trinajstić information content (AvgIpc) is 2.67. The molecule has 0 saturated heterocycles. The molecule has 2 rings (SSSR count). The lowest BCUT2D eigenvalue weighted by Gasteiger charge is -1.99. The molecule has 0 spiro atoms. The number of aldehydes is 1. The summed E-state index contributed by atoms with van der Waals surface area (Å²) in [5.74, 6) is 0. The molecule has 0 aliphatic heterocycles. The first-order valence-corrected chi connectivity index (χ1v) is 5.24. The minimum atomic E-state index is 0.656. The van der Waals surface area contributed by atoms with Gasteiger partial charge < -0.3 is 4.98 Å². The van der Waals surface area contributed by atoms with Gasteiger partial charge in [0.05, 0.1) is 5.52 Å². The van der Waals surface area contributed by atoms with Crippen LogP contribution in [-0.4, -0.2) is 24.5 Å². The van der Waals surface area contributed by atoms with Crippen molar-refractivity contribution < 1.29 is 4.79 Å². The zero-order chi connectivity index (χ0) is 10.8. The highest BCUT2D eigenvalue weighted by Crippen LogP contribution is 2.28. The molecule has 76 valence electrons. The fourth-order valence-corrected chi connectivity index (χ4v) is 2.15. The third-order valence-electron chi connectivity index (χ3n) is 2.24. The van der Waals surface area contributed by atoms with E-state index in [1.807, 2.05) is 12.1 Å². The molecule has 4 heteroatoms. The number of benzene rings is 1. The highest BCUT2D eigenvalue weighted by Gasteiger charge is 2.09. The predicted octanol–water partition coefficient (Wildman–Crippen LogP) is 2.79. The lowest BCUT2D eigenvalue weighted by Crippen LogP contribution is -1.85. The number of hydrogen-bond acceptors (Lipinski definition) is 2. The van der Waals surface area contributed by atoms with Crippen molar-refractivity contribution in [3.63, 3.8) is 0 Å². The molecule has 1 heterocycles. The van der Waals surface area contributed by atoms with Gasteiger partial charge in [-0.3, -0.25) is 9.79 Å². The maximum atomic E-state index is 10.8. The smallest absolute Gasteiger partial charge is 0.152 e. The number of aromatic nitrogens is 1. The average molecular weight is 265 g/mol. The Bertz CT molecular complexity index is 543. The molecule has 0 unspecified atom stereocenters. The second-order valence-corrected chi connectivity index (χ2v) is 3.99. The molecule has 3 nitrogen and oxygen atoms in total. The normalized spacial score (nSPS) is 11.3. The predicted molar refractivity (Wildman–Crippen MR) is 64.9 cm³/mol. The topological polar surface area (TPSA) is 45.2 Å². The summed E-state index contributed by atoms with van der Waals surface area (Å²) in [5.41, 5.74) is 2.56. The zero-order valence-electron chi connectivity index (χ0n) is 8.12. The molecule has 0 saturated carbocycles. The van der Waals surface area contributed by atoms with E-state index in [1.165, 1.54) is 0 Å². The van der Waals surface area contributed by atoms with Crippen LogP contribution in [0, 0.1) is 0 Å². The Kier molecular flexibility index (Phi) is 2.68. The SMILES string of the molecule is CN=Cc1ccc(Br)c2c(C=O)c[nH]c12. The van der Waals surface area contributed by atoms with Gasteiger partial charge in [-0.2, -0.15) is 0 Å². The number of carbonyl (C=O) groups excluding carboxylic acids is 1. The third-order valence-corrected chi connectivity index (χ3v) is 2.90. The van der Waals surface area contributed by atoms with Gasteiger partial charge in [-0.25, -0.2) is 0 Å². The number of hydrogen-bond donors (Lipinski definition) is 1. The maximum Gasteiger partial charge on any atom is 0.152 e. The van der Waals surface area contributed by atoms with Gasteiger partial charge in [0.1, 0.15) is 0 Å². The van der Waals surface area contributed by atoms with E-state index in [9.17, 15) is 4.79 Å². The number of carbonyl (C=O) groups is 1. The second kappa shape index (κ2) is 3.98. The fraction of sp³-hybridized carbons (Fsp3) is 0.0909. The second-order valence-electron chi connectivity index (χ2n) is 3.14. The highest BCUT2D eigenvalue weighted by atomic mass is 79.9. The Morgan fingerprint density at radius 2 is 2.20 bits per heavy atom. The Morgan fingerprint density at radius 1 is 1.40 bits per heavy atom. The van der Waals surface area contributed by atoms with Crippen LogP contribution in [0.3, 0.4) is 0 Å². The fourth-order valence-electron chi connectivity index (χ4n) is 1.59. The molecule has 0 bridgehead atoms. The number of aliphatic imine (C=N–C) groups is 1. The van der Waals surface area contributed by atoms with Crippen LogP contribution in [0.2, 0.25) is 0 Å². The molecule has 15 heavy (non-hydrogen) atoms. The highest BCUT2D eigenvalue weighted by molar-refractivity contribution is 9.10. The van der Waals surface area contributed by atoms with Crippen molar-refractivity contribution >= 4 is 39.3 Å². The molecule has 0 atom stereocenters. The van der Waals surface area contributed by atoms with Gasteiger partial charge >= 0.3 is 0 Å². The van der Waals surface area contributed by atoms with Crippen LogP contribution in [0.15, 0.2) is 27.8 Å². The van der Waals surface area contributed by atoms with Crippen molar-refractivity contribution in [2.45, 2.75) is 0 Å². The first-order chi connectivity index (χ1) is 7.27. The van der Waals surface area contributed by atoms with E-state index in [1.54, 1.807) is 19.5 Å². The number of H-pyrrole nitrogens is 1. The van der Waals surface area contributed by atoms with Crippen molar-refractivity contribution in [1.82, 2.24) is 4.98 Å². The molecule has 1 aromatic heterocycles. The molecule has 1 aromatic carbocycles. The van der Waals surface area contributed by atoms with E-state index in [-0.39, 0.29) is 0 Å². The Labute approximate surface area is 95.3 Å². The van der Waals surface area contributed by atoms with Crippen LogP contribution in [0.25, 0.3) is 10.9 Å². The quantitative estimate of drug-likeness (QED) is 0.658. The number of fused-ring (bicyclic) bond motifs is 1. The lowest BCUT2D eigenvalue weighted by molar-refractivity contribution is 0.112. The van der Waals surface area contributed by atoms with Crippen LogP contribution in [0.1, 0.15) is 15.9 Å². The largest absolute Gasteiger partial charge is 0.360 e. The monoisotopic (exact) mass is 264 g/mol. The van der Waals surface area contributed by atoms with Crippen LogP contribution >= 0.6 is 15.9 Å². The molecule has 0 amide bonds. The summed E-state index contributed by atoms with van der Waals surface area (Å²) >= 11 is 3.43. The number of nitrogens with zero attached hydrogens (tertiary/aromatic N) is 1. The minimum absolute atomic E-state index is 0.656. The van der Waals surface area contributed by atoms with Crippen molar-refractivity contribution in [3.8, 4) is 0 Å².